The highest BCUT2D eigenvalue weighted by atomic mass is 16.7. The Morgan fingerprint density at radius 3 is 2.38 bits per heavy atom. The van der Waals surface area contributed by atoms with Crippen molar-refractivity contribution in [2.45, 2.75) is 31.5 Å². The standard InChI is InChI=1S/C14H20O7/c1-18-11(16)10-7-13(3-4-15,12(17)19-2)9-14(8-10)20-5-6-21-14/h4,10H,3,5-9H2,1-2H3/t10-,13-/m0/s1. The van der Waals surface area contributed by atoms with E-state index in [1.807, 2.05) is 0 Å². The maximum atomic E-state index is 12.2. The molecule has 0 N–H and O–H groups in total. The third-order valence-electron chi connectivity index (χ3n) is 4.24. The number of aldehydes is 1. The molecule has 0 aromatic rings. The summed E-state index contributed by atoms with van der Waals surface area (Å²) in [5.41, 5.74) is -1.11. The van der Waals surface area contributed by atoms with Crippen molar-refractivity contribution in [2.24, 2.45) is 11.3 Å². The zero-order chi connectivity index (χ0) is 15.5. The largest absolute Gasteiger partial charge is 0.469 e. The van der Waals surface area contributed by atoms with Gasteiger partial charge in [0.05, 0.1) is 38.8 Å². The summed E-state index contributed by atoms with van der Waals surface area (Å²) >= 11 is 0. The molecule has 118 valence electrons. The molecular formula is C14H20O7. The van der Waals surface area contributed by atoms with E-state index in [-0.39, 0.29) is 19.3 Å². The lowest BCUT2D eigenvalue weighted by Gasteiger charge is -2.44. The van der Waals surface area contributed by atoms with Crippen LogP contribution >= 0.6 is 0 Å². The van der Waals surface area contributed by atoms with Gasteiger partial charge in [0.15, 0.2) is 5.79 Å². The zero-order valence-electron chi connectivity index (χ0n) is 12.3. The molecule has 0 amide bonds. The van der Waals surface area contributed by atoms with Crippen molar-refractivity contribution in [2.75, 3.05) is 27.4 Å². The number of hydrogen-bond donors (Lipinski definition) is 0. The summed E-state index contributed by atoms with van der Waals surface area (Å²) in [6, 6.07) is 0. The molecule has 0 bridgehead atoms. The molecule has 1 saturated heterocycles. The predicted molar refractivity (Wildman–Crippen MR) is 69.1 cm³/mol. The van der Waals surface area contributed by atoms with E-state index >= 15 is 0 Å². The van der Waals surface area contributed by atoms with E-state index in [0.29, 0.717) is 25.9 Å². The Labute approximate surface area is 122 Å². The van der Waals surface area contributed by atoms with E-state index < -0.39 is 29.1 Å². The second-order valence-electron chi connectivity index (χ2n) is 5.56. The van der Waals surface area contributed by atoms with E-state index in [1.165, 1.54) is 14.2 Å². The van der Waals surface area contributed by atoms with Crippen LogP contribution in [0.4, 0.5) is 0 Å². The molecule has 7 heteroatoms. The Kier molecular flexibility index (Phi) is 4.63. The normalized spacial score (nSPS) is 30.9. The van der Waals surface area contributed by atoms with Crippen molar-refractivity contribution in [1.82, 2.24) is 0 Å². The average molecular weight is 300 g/mol. The van der Waals surface area contributed by atoms with Crippen LogP contribution in [0.1, 0.15) is 25.7 Å². The lowest BCUT2D eigenvalue weighted by Crippen LogP contribution is -2.51. The molecule has 0 unspecified atom stereocenters. The predicted octanol–water partition coefficient (Wildman–Crippen LogP) is 0.451. The SMILES string of the molecule is COC(=O)[C@@H]1CC2(C[C@@](CC=O)(C(=O)OC)C1)OCCO2. The summed E-state index contributed by atoms with van der Waals surface area (Å²) < 4.78 is 20.9. The Hall–Kier alpha value is -1.47. The minimum Gasteiger partial charge on any atom is -0.469 e. The summed E-state index contributed by atoms with van der Waals surface area (Å²) in [5.74, 6) is -2.55. The molecule has 1 aliphatic heterocycles. The van der Waals surface area contributed by atoms with Gasteiger partial charge in [-0.05, 0) is 6.42 Å². The number of esters is 2. The third-order valence-corrected chi connectivity index (χ3v) is 4.24. The second-order valence-corrected chi connectivity index (χ2v) is 5.56. The number of ether oxygens (including phenoxy) is 4. The van der Waals surface area contributed by atoms with Crippen LogP contribution in [0.25, 0.3) is 0 Å². The average Bonchev–Trinajstić information content (AvgIpc) is 2.92. The molecular weight excluding hydrogens is 280 g/mol. The number of hydrogen-bond acceptors (Lipinski definition) is 7. The molecule has 1 saturated carbocycles. The van der Waals surface area contributed by atoms with E-state index in [0.717, 1.165) is 0 Å². The molecule has 0 aromatic carbocycles. The van der Waals surface area contributed by atoms with Crippen molar-refractivity contribution in [3.63, 3.8) is 0 Å². The van der Waals surface area contributed by atoms with Crippen molar-refractivity contribution in [3.05, 3.63) is 0 Å². The lowest BCUT2D eigenvalue weighted by molar-refractivity contribution is -0.223. The summed E-state index contributed by atoms with van der Waals surface area (Å²) in [4.78, 5) is 35.2. The summed E-state index contributed by atoms with van der Waals surface area (Å²) in [6.45, 7) is 0.790. The van der Waals surface area contributed by atoms with E-state index in [2.05, 4.69) is 0 Å². The van der Waals surface area contributed by atoms with Gasteiger partial charge in [-0.25, -0.2) is 0 Å². The van der Waals surface area contributed by atoms with Crippen LogP contribution < -0.4 is 0 Å². The van der Waals surface area contributed by atoms with Crippen LogP contribution in [0.15, 0.2) is 0 Å². The first-order valence-corrected chi connectivity index (χ1v) is 6.89. The van der Waals surface area contributed by atoms with Gasteiger partial charge in [-0.3, -0.25) is 9.59 Å². The zero-order valence-corrected chi connectivity index (χ0v) is 12.3. The highest BCUT2D eigenvalue weighted by Gasteiger charge is 2.57. The van der Waals surface area contributed by atoms with Crippen LogP contribution in [0.3, 0.4) is 0 Å². The van der Waals surface area contributed by atoms with Gasteiger partial charge in [0, 0.05) is 19.3 Å². The van der Waals surface area contributed by atoms with Gasteiger partial charge >= 0.3 is 11.9 Å². The van der Waals surface area contributed by atoms with Gasteiger partial charge in [-0.15, -0.1) is 0 Å². The maximum Gasteiger partial charge on any atom is 0.312 e. The number of carbonyl (C=O) groups is 3. The van der Waals surface area contributed by atoms with Gasteiger partial charge in [0.2, 0.25) is 0 Å². The minimum absolute atomic E-state index is 0.0400. The molecule has 2 fully saturated rings. The highest BCUT2D eigenvalue weighted by Crippen LogP contribution is 2.50. The molecule has 0 aromatic heterocycles. The van der Waals surface area contributed by atoms with Crippen molar-refractivity contribution < 1.29 is 33.3 Å². The third kappa shape index (κ3) is 2.94. The van der Waals surface area contributed by atoms with Crippen LogP contribution in [0.5, 0.6) is 0 Å². The molecule has 2 rings (SSSR count). The maximum absolute atomic E-state index is 12.2. The molecule has 0 radical (unpaired) electrons. The molecule has 2 aliphatic rings. The van der Waals surface area contributed by atoms with Crippen molar-refractivity contribution >= 4 is 18.2 Å². The smallest absolute Gasteiger partial charge is 0.312 e. The van der Waals surface area contributed by atoms with Gasteiger partial charge in [-0.2, -0.15) is 0 Å². The van der Waals surface area contributed by atoms with Gasteiger partial charge in [0.1, 0.15) is 6.29 Å². The first kappa shape index (κ1) is 15.9. The number of methoxy groups -OCH3 is 2. The molecule has 1 spiro atoms. The lowest BCUT2D eigenvalue weighted by atomic mass is 9.65. The molecule has 7 nitrogen and oxygen atoms in total. The van der Waals surface area contributed by atoms with Gasteiger partial charge in [-0.1, -0.05) is 0 Å². The first-order chi connectivity index (χ1) is 10.0. The fraction of sp³-hybridized carbons (Fsp3) is 0.786. The second kappa shape index (κ2) is 6.11. The van der Waals surface area contributed by atoms with Crippen molar-refractivity contribution in [1.29, 1.82) is 0 Å². The topological polar surface area (TPSA) is 88.1 Å². The summed E-state index contributed by atoms with van der Waals surface area (Å²) in [7, 11) is 2.55. The van der Waals surface area contributed by atoms with Crippen molar-refractivity contribution in [3.8, 4) is 0 Å². The Bertz CT molecular complexity index is 427. The van der Waals surface area contributed by atoms with Crippen LogP contribution in [-0.4, -0.2) is 51.4 Å². The van der Waals surface area contributed by atoms with Crippen LogP contribution in [-0.2, 0) is 33.3 Å². The summed E-state index contributed by atoms with van der Waals surface area (Å²) in [6.07, 6.45) is 1.34. The van der Waals surface area contributed by atoms with E-state index in [4.69, 9.17) is 18.9 Å². The monoisotopic (exact) mass is 300 g/mol. The molecule has 1 aliphatic carbocycles. The molecule has 21 heavy (non-hydrogen) atoms. The number of rotatable bonds is 4. The van der Waals surface area contributed by atoms with Gasteiger partial charge in [0.25, 0.3) is 0 Å². The Morgan fingerprint density at radius 1 is 1.19 bits per heavy atom. The highest BCUT2D eigenvalue weighted by molar-refractivity contribution is 5.82. The Morgan fingerprint density at radius 2 is 1.86 bits per heavy atom. The van der Waals surface area contributed by atoms with Crippen LogP contribution in [0.2, 0.25) is 0 Å². The fourth-order valence-electron chi connectivity index (χ4n) is 3.40. The van der Waals surface area contributed by atoms with E-state index in [9.17, 15) is 14.4 Å². The Balaban J connectivity index is 2.35. The number of carbonyl (C=O) groups excluding carboxylic acids is 3. The molecule has 2 atom stereocenters. The quantitative estimate of drug-likeness (QED) is 0.550. The minimum atomic E-state index is -1.11. The van der Waals surface area contributed by atoms with Crippen LogP contribution in [0, 0.1) is 11.3 Å². The fourth-order valence-corrected chi connectivity index (χ4v) is 3.40. The molecule has 1 heterocycles. The summed E-state index contributed by atoms with van der Waals surface area (Å²) in [5, 5.41) is 0. The first-order valence-electron chi connectivity index (χ1n) is 6.89. The van der Waals surface area contributed by atoms with Gasteiger partial charge < -0.3 is 23.7 Å². The van der Waals surface area contributed by atoms with E-state index in [1.54, 1.807) is 0 Å².